The second kappa shape index (κ2) is 5.44. The fraction of sp³-hybridized carbons (Fsp3) is 0.444. The second-order valence-corrected chi connectivity index (χ2v) is 5.05. The molecule has 5 nitrogen and oxygen atoms in total. The Morgan fingerprint density at radius 2 is 2.44 bits per heavy atom. The minimum atomic E-state index is 0.0566. The lowest BCUT2D eigenvalue weighted by molar-refractivity contribution is 0.554. The van der Waals surface area contributed by atoms with E-state index in [0.29, 0.717) is 0 Å². The van der Waals surface area contributed by atoms with Crippen LogP contribution in [-0.4, -0.2) is 14.6 Å². The number of aryl methyl sites for hydroxylation is 1. The van der Waals surface area contributed by atoms with Gasteiger partial charge in [0, 0.05) is 18.0 Å². The first-order chi connectivity index (χ1) is 7.85. The van der Waals surface area contributed by atoms with Gasteiger partial charge in [-0.1, -0.05) is 11.4 Å². The molecule has 0 saturated heterocycles. The summed E-state index contributed by atoms with van der Waals surface area (Å²) in [7, 11) is 0. The molecular formula is C9H13N5S2. The van der Waals surface area contributed by atoms with Crippen molar-refractivity contribution in [3.63, 3.8) is 0 Å². The Morgan fingerprint density at radius 3 is 3.06 bits per heavy atom. The zero-order chi connectivity index (χ0) is 11.4. The first kappa shape index (κ1) is 11.6. The molecular weight excluding hydrogens is 242 g/mol. The molecule has 2 rings (SSSR count). The molecule has 0 bridgehead atoms. The summed E-state index contributed by atoms with van der Waals surface area (Å²) in [5, 5.41) is 7.12. The Hall–Kier alpha value is -0.890. The predicted octanol–water partition coefficient (Wildman–Crippen LogP) is 1.30. The molecule has 2 aromatic rings. The number of hydrogen-bond acceptors (Lipinski definition) is 7. The topological polar surface area (TPSA) is 76.7 Å². The van der Waals surface area contributed by atoms with E-state index in [9.17, 15) is 0 Å². The van der Waals surface area contributed by atoms with Gasteiger partial charge in [0.25, 0.3) is 0 Å². The van der Waals surface area contributed by atoms with Gasteiger partial charge >= 0.3 is 0 Å². The smallest absolute Gasteiger partial charge is 0.0944 e. The molecule has 0 saturated carbocycles. The minimum Gasteiger partial charge on any atom is -0.271 e. The van der Waals surface area contributed by atoms with Crippen LogP contribution in [0.2, 0.25) is 0 Å². The Balaban J connectivity index is 2.16. The van der Waals surface area contributed by atoms with Crippen molar-refractivity contribution in [1.82, 2.24) is 20.0 Å². The molecule has 1 atom stereocenters. The van der Waals surface area contributed by atoms with Crippen LogP contribution in [0.3, 0.4) is 0 Å². The number of nitrogens with two attached hydrogens (primary N) is 1. The molecule has 86 valence electrons. The lowest BCUT2D eigenvalue weighted by Crippen LogP contribution is -2.29. The van der Waals surface area contributed by atoms with Gasteiger partial charge in [0.15, 0.2) is 0 Å². The monoisotopic (exact) mass is 255 g/mol. The third-order valence-electron chi connectivity index (χ3n) is 2.30. The number of thiazole rings is 1. The van der Waals surface area contributed by atoms with Crippen LogP contribution in [0, 0.1) is 0 Å². The summed E-state index contributed by atoms with van der Waals surface area (Å²) < 4.78 is 3.97. The molecule has 7 heteroatoms. The molecule has 0 aliphatic rings. The van der Waals surface area contributed by atoms with Crippen molar-refractivity contribution in [2.45, 2.75) is 25.8 Å². The summed E-state index contributed by atoms with van der Waals surface area (Å²) >= 11 is 3.04. The molecule has 0 radical (unpaired) electrons. The van der Waals surface area contributed by atoms with Crippen molar-refractivity contribution in [3.8, 4) is 0 Å². The van der Waals surface area contributed by atoms with Gasteiger partial charge in [-0.2, -0.15) is 0 Å². The largest absolute Gasteiger partial charge is 0.271 e. The van der Waals surface area contributed by atoms with E-state index in [1.807, 2.05) is 5.38 Å². The average molecular weight is 255 g/mol. The zero-order valence-electron chi connectivity index (χ0n) is 8.88. The van der Waals surface area contributed by atoms with Crippen molar-refractivity contribution >= 4 is 22.9 Å². The second-order valence-electron chi connectivity index (χ2n) is 3.29. The fourth-order valence-electron chi connectivity index (χ4n) is 1.48. The molecule has 2 heterocycles. The Morgan fingerprint density at radius 1 is 1.56 bits per heavy atom. The van der Waals surface area contributed by atoms with Crippen molar-refractivity contribution in [3.05, 3.63) is 27.2 Å². The van der Waals surface area contributed by atoms with Gasteiger partial charge < -0.3 is 0 Å². The third-order valence-corrected chi connectivity index (χ3v) is 3.98. The van der Waals surface area contributed by atoms with Gasteiger partial charge in [0.2, 0.25) is 0 Å². The van der Waals surface area contributed by atoms with E-state index in [1.54, 1.807) is 17.5 Å². The number of hydrazine groups is 1. The number of rotatable bonds is 5. The first-order valence-electron chi connectivity index (χ1n) is 5.00. The van der Waals surface area contributed by atoms with Crippen molar-refractivity contribution in [2.75, 3.05) is 0 Å². The summed E-state index contributed by atoms with van der Waals surface area (Å²) in [6.07, 6.45) is 3.46. The van der Waals surface area contributed by atoms with Crippen LogP contribution >= 0.6 is 22.9 Å². The summed E-state index contributed by atoms with van der Waals surface area (Å²) in [5.74, 6) is 5.58. The van der Waals surface area contributed by atoms with E-state index in [0.717, 1.165) is 28.4 Å². The highest BCUT2D eigenvalue weighted by Gasteiger charge is 2.18. The molecule has 0 fully saturated rings. The quantitative estimate of drug-likeness (QED) is 0.622. The number of nitrogens with one attached hydrogen (secondary N) is 1. The number of aromatic nitrogens is 3. The highest BCUT2D eigenvalue weighted by Crippen LogP contribution is 2.24. The SMILES string of the molecule is CCc1nnsc1C(Cc1nccs1)NN. The van der Waals surface area contributed by atoms with Gasteiger partial charge in [-0.05, 0) is 18.0 Å². The van der Waals surface area contributed by atoms with Gasteiger partial charge in [-0.15, -0.1) is 16.4 Å². The maximum Gasteiger partial charge on any atom is 0.0944 e. The molecule has 1 unspecified atom stereocenters. The van der Waals surface area contributed by atoms with E-state index < -0.39 is 0 Å². The Kier molecular flexibility index (Phi) is 3.94. The maximum absolute atomic E-state index is 5.58. The van der Waals surface area contributed by atoms with Crippen molar-refractivity contribution in [1.29, 1.82) is 0 Å². The average Bonchev–Trinajstić information content (AvgIpc) is 2.96. The van der Waals surface area contributed by atoms with Crippen LogP contribution in [0.4, 0.5) is 0 Å². The van der Waals surface area contributed by atoms with Gasteiger partial charge in [0.05, 0.1) is 21.6 Å². The lowest BCUT2D eigenvalue weighted by Gasteiger charge is -2.12. The van der Waals surface area contributed by atoms with Crippen molar-refractivity contribution < 1.29 is 0 Å². The normalized spacial score (nSPS) is 12.9. The van der Waals surface area contributed by atoms with Crippen LogP contribution in [0.5, 0.6) is 0 Å². The van der Waals surface area contributed by atoms with Crippen molar-refractivity contribution in [2.24, 2.45) is 5.84 Å². The molecule has 0 spiro atoms. The van der Waals surface area contributed by atoms with Crippen LogP contribution in [-0.2, 0) is 12.8 Å². The predicted molar refractivity (Wildman–Crippen MR) is 65.2 cm³/mol. The highest BCUT2D eigenvalue weighted by atomic mass is 32.1. The first-order valence-corrected chi connectivity index (χ1v) is 6.66. The van der Waals surface area contributed by atoms with E-state index in [-0.39, 0.29) is 6.04 Å². The van der Waals surface area contributed by atoms with Crippen LogP contribution in [0.1, 0.15) is 28.5 Å². The Labute approximate surface area is 102 Å². The van der Waals surface area contributed by atoms with Crippen LogP contribution in [0.25, 0.3) is 0 Å². The Bertz CT molecular complexity index is 425. The van der Waals surface area contributed by atoms with Gasteiger partial charge in [-0.3, -0.25) is 11.3 Å². The van der Waals surface area contributed by atoms with E-state index in [2.05, 4.69) is 26.9 Å². The molecule has 0 aromatic carbocycles. The molecule has 3 N–H and O–H groups in total. The van der Waals surface area contributed by atoms with E-state index in [1.165, 1.54) is 11.5 Å². The number of hydrogen-bond donors (Lipinski definition) is 2. The standard InChI is InChI=1S/C9H13N5S2/c1-2-6-9(16-14-13-6)7(12-10)5-8-11-3-4-15-8/h3-4,7,12H,2,5,10H2,1H3. The fourth-order valence-corrected chi connectivity index (χ4v) is 2.94. The lowest BCUT2D eigenvalue weighted by atomic mass is 10.1. The minimum absolute atomic E-state index is 0.0566. The van der Waals surface area contributed by atoms with Gasteiger partial charge in [-0.25, -0.2) is 4.98 Å². The summed E-state index contributed by atoms with van der Waals surface area (Å²) in [6, 6.07) is 0.0566. The maximum atomic E-state index is 5.58. The van der Waals surface area contributed by atoms with Crippen LogP contribution in [0.15, 0.2) is 11.6 Å². The molecule has 0 amide bonds. The highest BCUT2D eigenvalue weighted by molar-refractivity contribution is 7.09. The molecule has 16 heavy (non-hydrogen) atoms. The summed E-state index contributed by atoms with van der Waals surface area (Å²) in [5.41, 5.74) is 3.83. The number of nitrogens with zero attached hydrogens (tertiary/aromatic N) is 3. The molecule has 0 aliphatic carbocycles. The molecule has 2 aromatic heterocycles. The summed E-state index contributed by atoms with van der Waals surface area (Å²) in [6.45, 7) is 2.07. The van der Waals surface area contributed by atoms with E-state index >= 15 is 0 Å². The van der Waals surface area contributed by atoms with Crippen LogP contribution < -0.4 is 11.3 Å². The zero-order valence-corrected chi connectivity index (χ0v) is 10.5. The third kappa shape index (κ3) is 2.43. The van der Waals surface area contributed by atoms with E-state index in [4.69, 9.17) is 5.84 Å². The molecule has 0 aliphatic heterocycles. The summed E-state index contributed by atoms with van der Waals surface area (Å²) in [4.78, 5) is 5.37. The van der Waals surface area contributed by atoms with Gasteiger partial charge in [0.1, 0.15) is 0 Å².